The molecule has 1 aliphatic heterocycles. The predicted molar refractivity (Wildman–Crippen MR) is 82.6 cm³/mol. The minimum Gasteiger partial charge on any atom is -0.381 e. The number of thioether (sulfide) groups is 1. The predicted octanol–water partition coefficient (Wildman–Crippen LogP) is 3.37. The summed E-state index contributed by atoms with van der Waals surface area (Å²) in [4.78, 5) is 9.56. The van der Waals surface area contributed by atoms with E-state index in [2.05, 4.69) is 19.2 Å². The number of ether oxygens (including phenoxy) is 1. The largest absolute Gasteiger partial charge is 0.381 e. The molecule has 3 rings (SSSR count). The standard InChI is InChI=1S/C15H23N3OS/c1-3-16-13-10(2)15(18-14(17-13)11-4-5-11)20-12-6-8-19-9-7-12/h11-12H,3-9H2,1-2H3,(H,16,17,18). The maximum Gasteiger partial charge on any atom is 0.135 e. The summed E-state index contributed by atoms with van der Waals surface area (Å²) in [5.41, 5.74) is 1.20. The van der Waals surface area contributed by atoms with Gasteiger partial charge in [0.15, 0.2) is 0 Å². The molecule has 2 fully saturated rings. The number of nitrogens with zero attached hydrogens (tertiary/aromatic N) is 2. The van der Waals surface area contributed by atoms with Crippen LogP contribution in [0.1, 0.15) is 49.9 Å². The quantitative estimate of drug-likeness (QED) is 0.843. The molecule has 5 heteroatoms. The van der Waals surface area contributed by atoms with Gasteiger partial charge >= 0.3 is 0 Å². The third-order valence-electron chi connectivity index (χ3n) is 3.85. The monoisotopic (exact) mass is 293 g/mol. The van der Waals surface area contributed by atoms with Crippen molar-refractivity contribution in [3.8, 4) is 0 Å². The van der Waals surface area contributed by atoms with Crippen LogP contribution < -0.4 is 5.32 Å². The van der Waals surface area contributed by atoms with Gasteiger partial charge in [-0.1, -0.05) is 0 Å². The van der Waals surface area contributed by atoms with Crippen molar-refractivity contribution >= 4 is 17.6 Å². The van der Waals surface area contributed by atoms with Gasteiger partial charge in [-0.3, -0.25) is 0 Å². The molecule has 1 saturated carbocycles. The Hall–Kier alpha value is -0.810. The first kappa shape index (κ1) is 14.1. The lowest BCUT2D eigenvalue weighted by atomic mass is 10.2. The maximum absolute atomic E-state index is 5.44. The van der Waals surface area contributed by atoms with Crippen LogP contribution in [0.15, 0.2) is 5.03 Å². The average molecular weight is 293 g/mol. The Morgan fingerprint density at radius 2 is 1.95 bits per heavy atom. The van der Waals surface area contributed by atoms with E-state index in [-0.39, 0.29) is 0 Å². The summed E-state index contributed by atoms with van der Waals surface area (Å²) in [5, 5.41) is 5.20. The summed E-state index contributed by atoms with van der Waals surface area (Å²) in [6.45, 7) is 6.93. The molecule has 0 unspecified atom stereocenters. The van der Waals surface area contributed by atoms with Crippen LogP contribution in [0.2, 0.25) is 0 Å². The van der Waals surface area contributed by atoms with Gasteiger partial charge in [-0.15, -0.1) is 11.8 Å². The zero-order chi connectivity index (χ0) is 13.9. The molecule has 0 amide bonds. The Morgan fingerprint density at radius 1 is 1.20 bits per heavy atom. The van der Waals surface area contributed by atoms with Gasteiger partial charge in [0, 0.05) is 36.5 Å². The second-order valence-corrected chi connectivity index (χ2v) is 6.88. The molecule has 0 bridgehead atoms. The van der Waals surface area contributed by atoms with Crippen molar-refractivity contribution < 1.29 is 4.74 Å². The van der Waals surface area contributed by atoms with Crippen LogP contribution >= 0.6 is 11.8 Å². The number of rotatable bonds is 5. The van der Waals surface area contributed by atoms with Crippen molar-refractivity contribution in [2.75, 3.05) is 25.1 Å². The Balaban J connectivity index is 1.82. The van der Waals surface area contributed by atoms with E-state index in [9.17, 15) is 0 Å². The van der Waals surface area contributed by atoms with Gasteiger partial charge in [0.2, 0.25) is 0 Å². The fourth-order valence-electron chi connectivity index (χ4n) is 2.44. The van der Waals surface area contributed by atoms with E-state index in [1.54, 1.807) is 0 Å². The molecule has 110 valence electrons. The van der Waals surface area contributed by atoms with Crippen molar-refractivity contribution in [1.82, 2.24) is 9.97 Å². The average Bonchev–Trinajstić information content (AvgIpc) is 3.29. The number of aromatic nitrogens is 2. The molecule has 0 atom stereocenters. The van der Waals surface area contributed by atoms with E-state index in [0.29, 0.717) is 11.2 Å². The number of nitrogens with one attached hydrogen (secondary N) is 1. The lowest BCUT2D eigenvalue weighted by Crippen LogP contribution is -2.18. The van der Waals surface area contributed by atoms with E-state index in [1.807, 2.05) is 11.8 Å². The van der Waals surface area contributed by atoms with Gasteiger partial charge in [-0.05, 0) is 39.5 Å². The summed E-state index contributed by atoms with van der Waals surface area (Å²) in [6.07, 6.45) is 4.75. The zero-order valence-corrected chi connectivity index (χ0v) is 13.1. The lowest BCUT2D eigenvalue weighted by molar-refractivity contribution is 0.1000. The van der Waals surface area contributed by atoms with Crippen molar-refractivity contribution in [1.29, 1.82) is 0 Å². The van der Waals surface area contributed by atoms with Crippen LogP contribution in [-0.4, -0.2) is 35.0 Å². The highest BCUT2D eigenvalue weighted by Gasteiger charge is 2.29. The van der Waals surface area contributed by atoms with Crippen LogP contribution in [-0.2, 0) is 4.74 Å². The number of hydrogen-bond acceptors (Lipinski definition) is 5. The smallest absolute Gasteiger partial charge is 0.135 e. The Bertz CT molecular complexity index is 470. The van der Waals surface area contributed by atoms with E-state index in [4.69, 9.17) is 14.7 Å². The molecule has 1 aliphatic carbocycles. The van der Waals surface area contributed by atoms with Gasteiger partial charge in [0.25, 0.3) is 0 Å². The first-order valence-electron chi connectivity index (χ1n) is 7.64. The topological polar surface area (TPSA) is 47.0 Å². The number of hydrogen-bond donors (Lipinski definition) is 1. The molecule has 1 aromatic rings. The molecule has 1 N–H and O–H groups in total. The molecule has 4 nitrogen and oxygen atoms in total. The first-order valence-corrected chi connectivity index (χ1v) is 8.52. The molecular weight excluding hydrogens is 270 g/mol. The van der Waals surface area contributed by atoms with E-state index < -0.39 is 0 Å². The third kappa shape index (κ3) is 3.26. The fraction of sp³-hybridized carbons (Fsp3) is 0.733. The zero-order valence-electron chi connectivity index (χ0n) is 12.3. The molecule has 2 aliphatic rings. The van der Waals surface area contributed by atoms with Crippen molar-refractivity contribution in [3.63, 3.8) is 0 Å². The molecule has 20 heavy (non-hydrogen) atoms. The highest BCUT2D eigenvalue weighted by Crippen LogP contribution is 2.41. The van der Waals surface area contributed by atoms with Crippen molar-refractivity contribution in [2.24, 2.45) is 0 Å². The summed E-state index contributed by atoms with van der Waals surface area (Å²) in [6, 6.07) is 0. The normalized spacial score (nSPS) is 20.1. The molecular formula is C15H23N3OS. The van der Waals surface area contributed by atoms with Gasteiger partial charge in [-0.2, -0.15) is 0 Å². The Morgan fingerprint density at radius 3 is 2.60 bits per heavy atom. The van der Waals surface area contributed by atoms with Gasteiger partial charge in [-0.25, -0.2) is 9.97 Å². The molecule has 2 heterocycles. The highest BCUT2D eigenvalue weighted by atomic mass is 32.2. The maximum atomic E-state index is 5.44. The van der Waals surface area contributed by atoms with E-state index in [1.165, 1.54) is 23.4 Å². The fourth-order valence-corrected chi connectivity index (χ4v) is 3.61. The van der Waals surface area contributed by atoms with E-state index in [0.717, 1.165) is 44.2 Å². The van der Waals surface area contributed by atoms with Gasteiger partial charge in [0.05, 0.1) is 0 Å². The van der Waals surface area contributed by atoms with Crippen molar-refractivity contribution in [2.45, 2.75) is 55.7 Å². The summed E-state index contributed by atoms with van der Waals surface area (Å²) >= 11 is 1.92. The summed E-state index contributed by atoms with van der Waals surface area (Å²) in [7, 11) is 0. The van der Waals surface area contributed by atoms with Crippen LogP contribution in [0.3, 0.4) is 0 Å². The van der Waals surface area contributed by atoms with Crippen LogP contribution in [0.5, 0.6) is 0 Å². The Labute approximate surface area is 125 Å². The minimum absolute atomic E-state index is 0.599. The first-order chi connectivity index (χ1) is 9.78. The summed E-state index contributed by atoms with van der Waals surface area (Å²) < 4.78 is 5.44. The molecule has 1 saturated heterocycles. The number of anilines is 1. The third-order valence-corrected chi connectivity index (χ3v) is 5.28. The summed E-state index contributed by atoms with van der Waals surface area (Å²) in [5.74, 6) is 2.67. The Kier molecular flexibility index (Phi) is 4.46. The lowest BCUT2D eigenvalue weighted by Gasteiger charge is -2.22. The van der Waals surface area contributed by atoms with Gasteiger partial charge < -0.3 is 10.1 Å². The van der Waals surface area contributed by atoms with Crippen molar-refractivity contribution in [3.05, 3.63) is 11.4 Å². The molecule has 0 radical (unpaired) electrons. The van der Waals surface area contributed by atoms with Crippen LogP contribution in [0, 0.1) is 6.92 Å². The second kappa shape index (κ2) is 6.31. The van der Waals surface area contributed by atoms with Crippen LogP contribution in [0.4, 0.5) is 5.82 Å². The molecule has 1 aromatic heterocycles. The van der Waals surface area contributed by atoms with Crippen LogP contribution in [0.25, 0.3) is 0 Å². The SMILES string of the molecule is CCNc1nc(C2CC2)nc(SC2CCOCC2)c1C. The van der Waals surface area contributed by atoms with Gasteiger partial charge in [0.1, 0.15) is 16.7 Å². The molecule has 0 aromatic carbocycles. The van der Waals surface area contributed by atoms with E-state index >= 15 is 0 Å². The second-order valence-electron chi connectivity index (χ2n) is 5.59. The minimum atomic E-state index is 0.599. The molecule has 0 spiro atoms. The highest BCUT2D eigenvalue weighted by molar-refractivity contribution is 7.99.